The van der Waals surface area contributed by atoms with E-state index in [1.165, 1.54) is 16.3 Å². The summed E-state index contributed by atoms with van der Waals surface area (Å²) in [6, 6.07) is 18.3. The molecule has 1 aromatic heterocycles. The molecular formula is C16H15N. The highest BCUT2D eigenvalue weighted by Crippen LogP contribution is 2.10. The zero-order valence-corrected chi connectivity index (χ0v) is 9.64. The van der Waals surface area contributed by atoms with Crippen LogP contribution in [0.2, 0.25) is 0 Å². The Balaban J connectivity index is 0.000000128. The van der Waals surface area contributed by atoms with Crippen LogP contribution in [-0.2, 0) is 0 Å². The lowest BCUT2D eigenvalue weighted by atomic mass is 10.2. The molecule has 0 fully saturated rings. The van der Waals surface area contributed by atoms with E-state index in [9.17, 15) is 0 Å². The van der Waals surface area contributed by atoms with Crippen LogP contribution in [0.5, 0.6) is 0 Å². The summed E-state index contributed by atoms with van der Waals surface area (Å²) in [6.45, 7) is 3.63. The largest absolute Gasteiger partial charge is 0.366 e. The highest BCUT2D eigenvalue weighted by Gasteiger charge is 1.86. The Morgan fingerprint density at radius 3 is 1.76 bits per heavy atom. The van der Waals surface area contributed by atoms with Crippen molar-refractivity contribution in [3.8, 4) is 0 Å². The first-order chi connectivity index (χ1) is 8.40. The number of aromatic amines is 1. The molecule has 1 N–H and O–H groups in total. The van der Waals surface area contributed by atoms with Gasteiger partial charge in [0.2, 0.25) is 0 Å². The second kappa shape index (κ2) is 5.71. The quantitative estimate of drug-likeness (QED) is 0.622. The Morgan fingerprint density at radius 1 is 0.765 bits per heavy atom. The van der Waals surface area contributed by atoms with Crippen molar-refractivity contribution in [3.05, 3.63) is 79.1 Å². The van der Waals surface area contributed by atoms with E-state index >= 15 is 0 Å². The highest BCUT2D eigenvalue weighted by molar-refractivity contribution is 5.81. The number of hydrogen-bond acceptors (Lipinski definition) is 0. The summed E-state index contributed by atoms with van der Waals surface area (Å²) >= 11 is 0. The van der Waals surface area contributed by atoms with E-state index in [0.29, 0.717) is 0 Å². The molecule has 3 rings (SSSR count). The second-order valence-corrected chi connectivity index (χ2v) is 3.70. The Hall–Kier alpha value is -2.28. The third kappa shape index (κ3) is 3.08. The zero-order valence-electron chi connectivity index (χ0n) is 9.64. The fraction of sp³-hybridized carbons (Fsp3) is 0. The molecule has 3 aromatic rings. The van der Waals surface area contributed by atoms with Crippen molar-refractivity contribution in [3.63, 3.8) is 0 Å². The van der Waals surface area contributed by atoms with Crippen molar-refractivity contribution in [2.24, 2.45) is 0 Å². The van der Waals surface area contributed by atoms with E-state index in [-0.39, 0.29) is 0 Å². The Morgan fingerprint density at radius 2 is 1.29 bits per heavy atom. The molecule has 0 saturated heterocycles. The molecule has 84 valence electrons. The normalized spacial score (nSPS) is 9.41. The van der Waals surface area contributed by atoms with Gasteiger partial charge in [0, 0.05) is 12.4 Å². The maximum absolute atomic E-state index is 3.63. The molecule has 0 aliphatic rings. The van der Waals surface area contributed by atoms with Crippen molar-refractivity contribution < 1.29 is 0 Å². The van der Waals surface area contributed by atoms with Crippen molar-refractivity contribution in [2.45, 2.75) is 0 Å². The average Bonchev–Trinajstić information content (AvgIpc) is 2.89. The SMILES string of the molecule is C=Cc1ccccc1.c1ccc2c[nH]cc2c1. The molecule has 2 aromatic carbocycles. The minimum Gasteiger partial charge on any atom is -0.366 e. The Kier molecular flexibility index (Phi) is 3.77. The molecule has 0 atom stereocenters. The molecule has 1 nitrogen and oxygen atoms in total. The number of aromatic nitrogens is 1. The maximum atomic E-state index is 3.63. The van der Waals surface area contributed by atoms with Crippen LogP contribution in [0.3, 0.4) is 0 Å². The van der Waals surface area contributed by atoms with Crippen LogP contribution >= 0.6 is 0 Å². The van der Waals surface area contributed by atoms with Crippen LogP contribution in [0.15, 0.2) is 73.6 Å². The topological polar surface area (TPSA) is 15.8 Å². The van der Waals surface area contributed by atoms with Gasteiger partial charge < -0.3 is 4.98 Å². The minimum atomic E-state index is 1.17. The van der Waals surface area contributed by atoms with Gasteiger partial charge in [-0.05, 0) is 16.3 Å². The Labute approximate surface area is 101 Å². The summed E-state index contributed by atoms with van der Waals surface area (Å²) in [5, 5.41) is 2.55. The molecule has 0 bridgehead atoms. The van der Waals surface area contributed by atoms with E-state index in [1.807, 2.05) is 60.9 Å². The van der Waals surface area contributed by atoms with Crippen LogP contribution in [0, 0.1) is 0 Å². The predicted octanol–water partition coefficient (Wildman–Crippen LogP) is 4.50. The van der Waals surface area contributed by atoms with E-state index in [0.717, 1.165) is 0 Å². The summed E-state index contributed by atoms with van der Waals surface area (Å²) in [5.74, 6) is 0. The maximum Gasteiger partial charge on any atom is 0.00843 e. The molecule has 17 heavy (non-hydrogen) atoms. The van der Waals surface area contributed by atoms with Gasteiger partial charge in [-0.3, -0.25) is 0 Å². The van der Waals surface area contributed by atoms with Gasteiger partial charge in [-0.1, -0.05) is 67.3 Å². The summed E-state index contributed by atoms with van der Waals surface area (Å²) in [7, 11) is 0. The van der Waals surface area contributed by atoms with Crippen LogP contribution in [0.25, 0.3) is 16.8 Å². The highest BCUT2D eigenvalue weighted by atomic mass is 14.6. The summed E-state index contributed by atoms with van der Waals surface area (Å²) in [6.07, 6.45) is 5.82. The Bertz CT molecular complexity index is 548. The minimum absolute atomic E-state index is 1.17. The molecule has 0 spiro atoms. The molecule has 0 unspecified atom stereocenters. The molecule has 0 aliphatic heterocycles. The third-order valence-corrected chi connectivity index (χ3v) is 2.51. The van der Waals surface area contributed by atoms with Gasteiger partial charge in [-0.25, -0.2) is 0 Å². The van der Waals surface area contributed by atoms with Crippen LogP contribution < -0.4 is 0 Å². The fourth-order valence-corrected chi connectivity index (χ4v) is 1.58. The van der Waals surface area contributed by atoms with Gasteiger partial charge in [0.15, 0.2) is 0 Å². The first-order valence-corrected chi connectivity index (χ1v) is 5.59. The lowest BCUT2D eigenvalue weighted by molar-refractivity contribution is 1.43. The lowest BCUT2D eigenvalue weighted by Crippen LogP contribution is -1.63. The number of rotatable bonds is 1. The van der Waals surface area contributed by atoms with Gasteiger partial charge in [-0.2, -0.15) is 0 Å². The number of hydrogen-bond donors (Lipinski definition) is 1. The number of H-pyrrole nitrogens is 1. The van der Waals surface area contributed by atoms with Crippen molar-refractivity contribution in [2.75, 3.05) is 0 Å². The van der Waals surface area contributed by atoms with Crippen molar-refractivity contribution in [1.82, 2.24) is 4.98 Å². The molecule has 0 saturated carbocycles. The molecule has 0 aliphatic carbocycles. The predicted molar refractivity (Wildman–Crippen MR) is 74.8 cm³/mol. The van der Waals surface area contributed by atoms with Crippen LogP contribution in [0.4, 0.5) is 0 Å². The third-order valence-electron chi connectivity index (χ3n) is 2.51. The lowest BCUT2D eigenvalue weighted by Gasteiger charge is -1.85. The fourth-order valence-electron chi connectivity index (χ4n) is 1.58. The standard InChI is InChI=1S/C8H7N.C8H8/c1-2-4-8-6-9-5-7(8)3-1;1-2-8-6-4-3-5-7-8/h1-6,9H;2-7H,1H2. The van der Waals surface area contributed by atoms with E-state index in [1.54, 1.807) is 0 Å². The first-order valence-electron chi connectivity index (χ1n) is 5.59. The van der Waals surface area contributed by atoms with Crippen LogP contribution in [0.1, 0.15) is 5.56 Å². The van der Waals surface area contributed by atoms with Crippen LogP contribution in [-0.4, -0.2) is 4.98 Å². The second-order valence-electron chi connectivity index (χ2n) is 3.70. The van der Waals surface area contributed by atoms with Gasteiger partial charge in [0.05, 0.1) is 0 Å². The number of nitrogens with one attached hydrogen (secondary N) is 1. The number of fused-ring (bicyclic) bond motifs is 1. The molecule has 0 radical (unpaired) electrons. The van der Waals surface area contributed by atoms with Gasteiger partial charge in [0.25, 0.3) is 0 Å². The van der Waals surface area contributed by atoms with E-state index in [4.69, 9.17) is 0 Å². The summed E-state index contributed by atoms with van der Waals surface area (Å²) < 4.78 is 0. The van der Waals surface area contributed by atoms with Gasteiger partial charge in [0.1, 0.15) is 0 Å². The molecule has 1 heterocycles. The molecule has 1 heteroatoms. The number of benzene rings is 2. The monoisotopic (exact) mass is 221 g/mol. The zero-order chi connectivity index (χ0) is 11.9. The van der Waals surface area contributed by atoms with Gasteiger partial charge >= 0.3 is 0 Å². The summed E-state index contributed by atoms with van der Waals surface area (Å²) in [5.41, 5.74) is 1.17. The molecule has 0 amide bonds. The smallest absolute Gasteiger partial charge is 0.00843 e. The van der Waals surface area contributed by atoms with Crippen molar-refractivity contribution >= 4 is 16.8 Å². The molecular weight excluding hydrogens is 206 g/mol. The first kappa shape index (κ1) is 11.2. The van der Waals surface area contributed by atoms with E-state index in [2.05, 4.69) is 23.7 Å². The average molecular weight is 221 g/mol. The van der Waals surface area contributed by atoms with E-state index < -0.39 is 0 Å². The van der Waals surface area contributed by atoms with Gasteiger partial charge in [-0.15, -0.1) is 0 Å². The summed E-state index contributed by atoms with van der Waals surface area (Å²) in [4.78, 5) is 3.04. The van der Waals surface area contributed by atoms with Crippen molar-refractivity contribution in [1.29, 1.82) is 0 Å².